The molecule has 0 saturated heterocycles. The third-order valence-corrected chi connectivity index (χ3v) is 2.65. The Morgan fingerprint density at radius 3 is 2.80 bits per heavy atom. The SMILES string of the molecule is C=CCCOC(=O)C1CC(C)(C)CC1=O. The summed E-state index contributed by atoms with van der Waals surface area (Å²) in [6.07, 6.45) is 3.41. The molecule has 0 bridgehead atoms. The maximum atomic E-state index is 11.5. The Kier molecular flexibility index (Phi) is 3.66. The molecule has 3 nitrogen and oxygen atoms in total. The second-order valence-electron chi connectivity index (χ2n) is 4.81. The summed E-state index contributed by atoms with van der Waals surface area (Å²) in [5.41, 5.74) is -0.0563. The van der Waals surface area contributed by atoms with E-state index in [1.165, 1.54) is 0 Å². The minimum Gasteiger partial charge on any atom is -0.465 e. The Morgan fingerprint density at radius 2 is 2.33 bits per heavy atom. The van der Waals surface area contributed by atoms with Crippen LogP contribution in [0.3, 0.4) is 0 Å². The second-order valence-corrected chi connectivity index (χ2v) is 4.81. The summed E-state index contributed by atoms with van der Waals surface area (Å²) in [4.78, 5) is 23.1. The molecule has 15 heavy (non-hydrogen) atoms. The van der Waals surface area contributed by atoms with Gasteiger partial charge in [0.1, 0.15) is 11.7 Å². The Labute approximate surface area is 90.5 Å². The Morgan fingerprint density at radius 1 is 1.67 bits per heavy atom. The largest absolute Gasteiger partial charge is 0.465 e. The van der Waals surface area contributed by atoms with E-state index in [1.807, 2.05) is 13.8 Å². The number of esters is 1. The van der Waals surface area contributed by atoms with Crippen molar-refractivity contribution in [3.8, 4) is 0 Å². The van der Waals surface area contributed by atoms with Gasteiger partial charge in [0.15, 0.2) is 0 Å². The van der Waals surface area contributed by atoms with Gasteiger partial charge in [-0.05, 0) is 18.3 Å². The number of carbonyl (C=O) groups excluding carboxylic acids is 2. The third kappa shape index (κ3) is 3.18. The van der Waals surface area contributed by atoms with Gasteiger partial charge in [-0.2, -0.15) is 0 Å². The smallest absolute Gasteiger partial charge is 0.316 e. The monoisotopic (exact) mass is 210 g/mol. The fraction of sp³-hybridized carbons (Fsp3) is 0.667. The molecule has 1 fully saturated rings. The minimum absolute atomic E-state index is 0.0172. The normalized spacial score (nSPS) is 23.9. The van der Waals surface area contributed by atoms with Crippen molar-refractivity contribution in [1.82, 2.24) is 0 Å². The predicted octanol–water partition coefficient (Wildman–Crippen LogP) is 2.11. The number of rotatable bonds is 4. The van der Waals surface area contributed by atoms with Crippen molar-refractivity contribution in [2.24, 2.45) is 11.3 Å². The van der Waals surface area contributed by atoms with Crippen molar-refractivity contribution in [2.45, 2.75) is 33.1 Å². The lowest BCUT2D eigenvalue weighted by molar-refractivity contribution is -0.150. The molecule has 1 atom stereocenters. The first-order chi connectivity index (χ1) is 6.96. The van der Waals surface area contributed by atoms with Crippen LogP contribution in [0.4, 0.5) is 0 Å². The van der Waals surface area contributed by atoms with Crippen LogP contribution in [0.2, 0.25) is 0 Å². The molecule has 0 aromatic heterocycles. The van der Waals surface area contributed by atoms with Gasteiger partial charge in [-0.1, -0.05) is 19.9 Å². The first-order valence-electron chi connectivity index (χ1n) is 5.26. The molecule has 1 saturated carbocycles. The Balaban J connectivity index is 2.47. The molecule has 0 N–H and O–H groups in total. The highest BCUT2D eigenvalue weighted by Crippen LogP contribution is 2.38. The number of hydrogen-bond acceptors (Lipinski definition) is 3. The van der Waals surface area contributed by atoms with E-state index < -0.39 is 5.92 Å². The summed E-state index contributed by atoms with van der Waals surface area (Å²) in [6, 6.07) is 0. The second kappa shape index (κ2) is 4.60. The van der Waals surface area contributed by atoms with Crippen LogP contribution in [0.15, 0.2) is 12.7 Å². The zero-order valence-electron chi connectivity index (χ0n) is 9.41. The fourth-order valence-electron chi connectivity index (χ4n) is 1.89. The molecule has 1 aliphatic rings. The topological polar surface area (TPSA) is 43.4 Å². The van der Waals surface area contributed by atoms with Crippen molar-refractivity contribution in [3.05, 3.63) is 12.7 Å². The molecule has 0 aromatic carbocycles. The van der Waals surface area contributed by atoms with Crippen LogP contribution in [0.5, 0.6) is 0 Å². The molecule has 3 heteroatoms. The zero-order chi connectivity index (χ0) is 11.5. The van der Waals surface area contributed by atoms with Gasteiger partial charge in [0.25, 0.3) is 0 Å². The number of Topliss-reactive ketones (excluding diaryl/α,β-unsaturated/α-hetero) is 1. The van der Waals surface area contributed by atoms with Gasteiger partial charge in [0.2, 0.25) is 0 Å². The Bertz CT molecular complexity index is 279. The summed E-state index contributed by atoms with van der Waals surface area (Å²) in [5.74, 6) is -0.888. The fourth-order valence-corrected chi connectivity index (χ4v) is 1.89. The molecule has 0 aliphatic heterocycles. The molecule has 1 rings (SSSR count). The van der Waals surface area contributed by atoms with E-state index >= 15 is 0 Å². The van der Waals surface area contributed by atoms with Gasteiger partial charge in [0, 0.05) is 6.42 Å². The van der Waals surface area contributed by atoms with E-state index in [0.717, 1.165) is 0 Å². The molecule has 0 aromatic rings. The number of ether oxygens (including phenoxy) is 1. The van der Waals surface area contributed by atoms with E-state index in [9.17, 15) is 9.59 Å². The summed E-state index contributed by atoms with van der Waals surface area (Å²) in [5, 5.41) is 0. The zero-order valence-corrected chi connectivity index (χ0v) is 9.41. The van der Waals surface area contributed by atoms with Gasteiger partial charge in [-0.15, -0.1) is 6.58 Å². The van der Waals surface area contributed by atoms with Gasteiger partial charge >= 0.3 is 5.97 Å². The first kappa shape index (κ1) is 12.0. The molecule has 0 spiro atoms. The van der Waals surface area contributed by atoms with Crippen molar-refractivity contribution >= 4 is 11.8 Å². The van der Waals surface area contributed by atoms with E-state index in [1.54, 1.807) is 6.08 Å². The lowest BCUT2D eigenvalue weighted by atomic mass is 9.91. The minimum atomic E-state index is -0.537. The van der Waals surface area contributed by atoms with Crippen molar-refractivity contribution in [3.63, 3.8) is 0 Å². The van der Waals surface area contributed by atoms with Crippen molar-refractivity contribution in [2.75, 3.05) is 6.61 Å². The molecule has 0 heterocycles. The highest BCUT2D eigenvalue weighted by molar-refractivity contribution is 6.01. The van der Waals surface area contributed by atoms with Crippen LogP contribution < -0.4 is 0 Å². The van der Waals surface area contributed by atoms with Crippen LogP contribution in [0.25, 0.3) is 0 Å². The quantitative estimate of drug-likeness (QED) is 0.309. The molecule has 1 aliphatic carbocycles. The van der Waals surface area contributed by atoms with Gasteiger partial charge in [-0.3, -0.25) is 9.59 Å². The van der Waals surface area contributed by atoms with Gasteiger partial charge < -0.3 is 4.74 Å². The van der Waals surface area contributed by atoms with Crippen molar-refractivity contribution in [1.29, 1.82) is 0 Å². The average Bonchev–Trinajstić information content (AvgIpc) is 2.40. The van der Waals surface area contributed by atoms with E-state index in [4.69, 9.17) is 4.74 Å². The summed E-state index contributed by atoms with van der Waals surface area (Å²) >= 11 is 0. The molecule has 0 radical (unpaired) electrons. The third-order valence-electron chi connectivity index (χ3n) is 2.65. The Hall–Kier alpha value is -1.12. The number of hydrogen-bond donors (Lipinski definition) is 0. The van der Waals surface area contributed by atoms with Crippen molar-refractivity contribution < 1.29 is 14.3 Å². The summed E-state index contributed by atoms with van der Waals surface area (Å²) in [6.45, 7) is 7.86. The highest BCUT2D eigenvalue weighted by atomic mass is 16.5. The molecule has 1 unspecified atom stereocenters. The lowest BCUT2D eigenvalue weighted by Gasteiger charge is -2.14. The summed E-state index contributed by atoms with van der Waals surface area (Å²) in [7, 11) is 0. The molecular formula is C12H18O3. The van der Waals surface area contributed by atoms with Gasteiger partial charge in [-0.25, -0.2) is 0 Å². The van der Waals surface area contributed by atoms with Crippen LogP contribution >= 0.6 is 0 Å². The maximum absolute atomic E-state index is 11.5. The van der Waals surface area contributed by atoms with Crippen LogP contribution in [-0.4, -0.2) is 18.4 Å². The number of ketones is 1. The number of carbonyl (C=O) groups is 2. The van der Waals surface area contributed by atoms with E-state index in [0.29, 0.717) is 25.9 Å². The van der Waals surface area contributed by atoms with Gasteiger partial charge in [0.05, 0.1) is 6.61 Å². The van der Waals surface area contributed by atoms with E-state index in [2.05, 4.69) is 6.58 Å². The predicted molar refractivity (Wildman–Crippen MR) is 57.3 cm³/mol. The molecular weight excluding hydrogens is 192 g/mol. The average molecular weight is 210 g/mol. The van der Waals surface area contributed by atoms with Crippen LogP contribution in [0.1, 0.15) is 33.1 Å². The molecule has 84 valence electrons. The highest BCUT2D eigenvalue weighted by Gasteiger charge is 2.42. The summed E-state index contributed by atoms with van der Waals surface area (Å²) < 4.78 is 5.00. The van der Waals surface area contributed by atoms with E-state index in [-0.39, 0.29) is 17.2 Å². The van der Waals surface area contributed by atoms with Crippen LogP contribution in [0, 0.1) is 11.3 Å². The first-order valence-corrected chi connectivity index (χ1v) is 5.26. The maximum Gasteiger partial charge on any atom is 0.316 e. The van der Waals surface area contributed by atoms with Crippen LogP contribution in [-0.2, 0) is 14.3 Å². The lowest BCUT2D eigenvalue weighted by Crippen LogP contribution is -2.21. The standard InChI is InChI=1S/C12H18O3/c1-4-5-6-15-11(14)9-7-12(2,3)8-10(9)13/h4,9H,1,5-8H2,2-3H3. The molecule has 0 amide bonds.